The summed E-state index contributed by atoms with van der Waals surface area (Å²) < 4.78 is 14.3. The van der Waals surface area contributed by atoms with E-state index in [0.717, 1.165) is 24.4 Å². The Hall–Kier alpha value is -0.410. The highest BCUT2D eigenvalue weighted by Gasteiger charge is 2.35. The molecule has 1 aliphatic carbocycles. The van der Waals surface area contributed by atoms with Crippen LogP contribution in [0.5, 0.6) is 0 Å². The minimum atomic E-state index is -0.167. The molecule has 2 N–H and O–H groups in total. The summed E-state index contributed by atoms with van der Waals surface area (Å²) in [4.78, 5) is 0. The van der Waals surface area contributed by atoms with Crippen LogP contribution in [0, 0.1) is 29.0 Å². The quantitative estimate of drug-likeness (QED) is 0.795. The topological polar surface area (TPSA) is 26.0 Å². The summed E-state index contributed by atoms with van der Waals surface area (Å²) in [5.41, 5.74) is 7.41. The van der Waals surface area contributed by atoms with Crippen molar-refractivity contribution >= 4 is 15.9 Å². The smallest absolute Gasteiger partial charge is 0.137 e. The third kappa shape index (κ3) is 4.07. The van der Waals surface area contributed by atoms with Crippen molar-refractivity contribution < 1.29 is 4.39 Å². The largest absolute Gasteiger partial charge is 0.330 e. The van der Waals surface area contributed by atoms with Crippen LogP contribution in [0.15, 0.2) is 22.7 Å². The molecule has 21 heavy (non-hydrogen) atoms. The molecular formula is C18H27BrFN. The number of benzene rings is 1. The van der Waals surface area contributed by atoms with Crippen LogP contribution in [0.25, 0.3) is 0 Å². The van der Waals surface area contributed by atoms with E-state index >= 15 is 0 Å². The van der Waals surface area contributed by atoms with Gasteiger partial charge in [0, 0.05) is 0 Å². The first kappa shape index (κ1) is 17.0. The standard InChI is InChI=1S/C18H27BrFN/c1-18(2,3)15-8-7-13(11-21)14(10-15)9-12-5-4-6-16(20)17(12)19/h4-6,13-15H,7-11,21H2,1-3H3. The average Bonchev–Trinajstić information content (AvgIpc) is 2.43. The predicted molar refractivity (Wildman–Crippen MR) is 90.6 cm³/mol. The first-order valence-corrected chi connectivity index (χ1v) is 8.75. The van der Waals surface area contributed by atoms with Crippen molar-refractivity contribution in [2.75, 3.05) is 6.54 Å². The molecule has 1 aliphatic rings. The first-order chi connectivity index (χ1) is 9.82. The van der Waals surface area contributed by atoms with E-state index in [2.05, 4.69) is 36.7 Å². The van der Waals surface area contributed by atoms with Crippen molar-refractivity contribution in [1.29, 1.82) is 0 Å². The van der Waals surface area contributed by atoms with Gasteiger partial charge in [-0.2, -0.15) is 0 Å². The van der Waals surface area contributed by atoms with Crippen LogP contribution < -0.4 is 5.73 Å². The van der Waals surface area contributed by atoms with Crippen LogP contribution in [0.2, 0.25) is 0 Å². The van der Waals surface area contributed by atoms with E-state index in [1.807, 2.05) is 6.07 Å². The van der Waals surface area contributed by atoms with Crippen molar-refractivity contribution in [2.45, 2.75) is 46.5 Å². The van der Waals surface area contributed by atoms with Gasteiger partial charge in [-0.15, -0.1) is 0 Å². The van der Waals surface area contributed by atoms with Gasteiger partial charge >= 0.3 is 0 Å². The molecule has 2 rings (SSSR count). The van der Waals surface area contributed by atoms with Gasteiger partial charge in [-0.3, -0.25) is 0 Å². The molecule has 3 unspecified atom stereocenters. The van der Waals surface area contributed by atoms with Gasteiger partial charge in [0.05, 0.1) is 4.47 Å². The minimum absolute atomic E-state index is 0.167. The highest BCUT2D eigenvalue weighted by Crippen LogP contribution is 2.44. The third-order valence-electron chi connectivity index (χ3n) is 5.18. The molecule has 0 aromatic heterocycles. The monoisotopic (exact) mass is 355 g/mol. The summed E-state index contributed by atoms with van der Waals surface area (Å²) in [6.45, 7) is 7.73. The maximum atomic E-state index is 13.7. The van der Waals surface area contributed by atoms with E-state index in [9.17, 15) is 4.39 Å². The summed E-state index contributed by atoms with van der Waals surface area (Å²) in [5.74, 6) is 1.70. The van der Waals surface area contributed by atoms with Gasteiger partial charge in [-0.1, -0.05) is 32.9 Å². The molecule has 0 radical (unpaired) electrons. The summed E-state index contributed by atoms with van der Waals surface area (Å²) in [6, 6.07) is 5.34. The van der Waals surface area contributed by atoms with Crippen molar-refractivity contribution in [2.24, 2.45) is 28.9 Å². The molecule has 0 aliphatic heterocycles. The number of nitrogens with two attached hydrogens (primary N) is 1. The molecule has 0 amide bonds. The molecular weight excluding hydrogens is 329 g/mol. The molecule has 0 bridgehead atoms. The Balaban J connectivity index is 2.16. The molecule has 1 saturated carbocycles. The second-order valence-corrected chi connectivity index (χ2v) is 8.34. The van der Waals surface area contributed by atoms with Crippen LogP contribution in [-0.4, -0.2) is 6.54 Å². The average molecular weight is 356 g/mol. The minimum Gasteiger partial charge on any atom is -0.330 e. The summed E-state index contributed by atoms with van der Waals surface area (Å²) in [5, 5.41) is 0. The summed E-state index contributed by atoms with van der Waals surface area (Å²) >= 11 is 3.40. The van der Waals surface area contributed by atoms with E-state index < -0.39 is 0 Å². The van der Waals surface area contributed by atoms with E-state index in [-0.39, 0.29) is 5.82 Å². The van der Waals surface area contributed by atoms with Crippen molar-refractivity contribution in [3.8, 4) is 0 Å². The molecule has 3 atom stereocenters. The maximum absolute atomic E-state index is 13.7. The molecule has 0 heterocycles. The highest BCUT2D eigenvalue weighted by atomic mass is 79.9. The summed E-state index contributed by atoms with van der Waals surface area (Å²) in [6.07, 6.45) is 4.60. The lowest BCUT2D eigenvalue weighted by Crippen LogP contribution is -2.36. The van der Waals surface area contributed by atoms with Crippen LogP contribution in [0.4, 0.5) is 4.39 Å². The Kier molecular flexibility index (Phi) is 5.48. The molecule has 3 heteroatoms. The van der Waals surface area contributed by atoms with Gasteiger partial charge < -0.3 is 5.73 Å². The molecule has 1 fully saturated rings. The van der Waals surface area contributed by atoms with Gasteiger partial charge in [0.25, 0.3) is 0 Å². The number of halogens is 2. The number of hydrogen-bond donors (Lipinski definition) is 1. The molecule has 1 aromatic rings. The zero-order valence-corrected chi connectivity index (χ0v) is 14.9. The fourth-order valence-electron chi connectivity index (χ4n) is 3.66. The molecule has 0 spiro atoms. The fourth-order valence-corrected chi connectivity index (χ4v) is 4.09. The molecule has 1 aromatic carbocycles. The predicted octanol–water partition coefficient (Wildman–Crippen LogP) is 5.17. The van der Waals surface area contributed by atoms with Gasteiger partial charge in [0.15, 0.2) is 0 Å². The lowest BCUT2D eigenvalue weighted by Gasteiger charge is -2.42. The molecule has 0 saturated heterocycles. The van der Waals surface area contributed by atoms with Gasteiger partial charge in [-0.05, 0) is 83.0 Å². The lowest BCUT2D eigenvalue weighted by atomic mass is 9.64. The van der Waals surface area contributed by atoms with Crippen molar-refractivity contribution in [3.63, 3.8) is 0 Å². The molecule has 118 valence electrons. The van der Waals surface area contributed by atoms with Gasteiger partial charge in [-0.25, -0.2) is 4.39 Å². The van der Waals surface area contributed by atoms with E-state index in [4.69, 9.17) is 5.73 Å². The Bertz CT molecular complexity index is 481. The zero-order chi connectivity index (χ0) is 15.6. The highest BCUT2D eigenvalue weighted by molar-refractivity contribution is 9.10. The van der Waals surface area contributed by atoms with E-state index in [0.29, 0.717) is 21.7 Å². The second kappa shape index (κ2) is 6.78. The normalized spacial score (nSPS) is 26.9. The Morgan fingerprint density at radius 2 is 1.95 bits per heavy atom. The number of hydrogen-bond acceptors (Lipinski definition) is 1. The van der Waals surface area contributed by atoms with Gasteiger partial charge in [0.1, 0.15) is 5.82 Å². The summed E-state index contributed by atoms with van der Waals surface area (Å²) in [7, 11) is 0. The van der Waals surface area contributed by atoms with Crippen LogP contribution in [0.1, 0.15) is 45.6 Å². The lowest BCUT2D eigenvalue weighted by molar-refractivity contribution is 0.101. The van der Waals surface area contributed by atoms with Crippen LogP contribution in [-0.2, 0) is 6.42 Å². The fraction of sp³-hybridized carbons (Fsp3) is 0.667. The maximum Gasteiger partial charge on any atom is 0.137 e. The van der Waals surface area contributed by atoms with Crippen LogP contribution in [0.3, 0.4) is 0 Å². The van der Waals surface area contributed by atoms with Gasteiger partial charge in [0.2, 0.25) is 0 Å². The van der Waals surface area contributed by atoms with E-state index in [1.165, 1.54) is 25.3 Å². The Morgan fingerprint density at radius 1 is 1.24 bits per heavy atom. The third-order valence-corrected chi connectivity index (χ3v) is 6.07. The second-order valence-electron chi connectivity index (χ2n) is 7.55. The van der Waals surface area contributed by atoms with Crippen LogP contribution >= 0.6 is 15.9 Å². The first-order valence-electron chi connectivity index (χ1n) is 7.96. The van der Waals surface area contributed by atoms with Crippen molar-refractivity contribution in [1.82, 2.24) is 0 Å². The SMILES string of the molecule is CC(C)(C)C1CCC(CN)C(Cc2cccc(F)c2Br)C1. The zero-order valence-electron chi connectivity index (χ0n) is 13.3. The van der Waals surface area contributed by atoms with Crippen molar-refractivity contribution in [3.05, 3.63) is 34.1 Å². The molecule has 1 nitrogen and oxygen atoms in total. The van der Waals surface area contributed by atoms with E-state index in [1.54, 1.807) is 6.07 Å². The Labute approximate surface area is 136 Å². The Morgan fingerprint density at radius 3 is 2.57 bits per heavy atom. The number of rotatable bonds is 3.